The van der Waals surface area contributed by atoms with Crippen molar-refractivity contribution >= 4 is 21.4 Å². The minimum Gasteiger partial charge on any atom is -0.381 e. The zero-order valence-electron chi connectivity index (χ0n) is 13.4. The Morgan fingerprint density at radius 1 is 1.00 bits per heavy atom. The van der Waals surface area contributed by atoms with E-state index in [0.29, 0.717) is 17.0 Å². The highest BCUT2D eigenvalue weighted by Crippen LogP contribution is 2.15. The molecule has 2 aromatic carbocycles. The van der Waals surface area contributed by atoms with Gasteiger partial charge in [0.25, 0.3) is 5.91 Å². The van der Waals surface area contributed by atoms with Gasteiger partial charge in [-0.3, -0.25) is 4.79 Å². The van der Waals surface area contributed by atoms with E-state index in [0.717, 1.165) is 11.3 Å². The lowest BCUT2D eigenvalue weighted by Crippen LogP contribution is -2.21. The third-order valence-electron chi connectivity index (χ3n) is 3.39. The van der Waals surface area contributed by atoms with Gasteiger partial charge in [0.05, 0.1) is 4.90 Å². The summed E-state index contributed by atoms with van der Waals surface area (Å²) >= 11 is 0. The quantitative estimate of drug-likeness (QED) is 0.913. The highest BCUT2D eigenvalue weighted by Gasteiger charge is 2.08. The van der Waals surface area contributed by atoms with Crippen molar-refractivity contribution in [2.45, 2.75) is 11.4 Å². The van der Waals surface area contributed by atoms with E-state index < -0.39 is 9.84 Å². The summed E-state index contributed by atoms with van der Waals surface area (Å²) in [5.41, 5.74) is 2.52. The molecule has 0 heterocycles. The molecule has 0 atom stereocenters. The molecule has 2 aromatic rings. The summed E-state index contributed by atoms with van der Waals surface area (Å²) in [5, 5.41) is 3.22. The number of hydrogen-bond acceptors (Lipinski definition) is 4. The van der Waals surface area contributed by atoms with E-state index in [1.165, 1.54) is 11.2 Å². The van der Waals surface area contributed by atoms with E-state index in [1.54, 1.807) is 50.5 Å². The first-order valence-corrected chi connectivity index (χ1v) is 9.01. The largest absolute Gasteiger partial charge is 0.381 e. The molecule has 0 radical (unpaired) electrons. The molecule has 0 aromatic heterocycles. The number of nitrogens with one attached hydrogen (secondary N) is 1. The zero-order valence-corrected chi connectivity index (χ0v) is 14.2. The van der Waals surface area contributed by atoms with Crippen LogP contribution in [0.5, 0.6) is 0 Å². The molecule has 0 spiro atoms. The maximum atomic E-state index is 11.8. The first kappa shape index (κ1) is 17.0. The minimum absolute atomic E-state index is 0.0270. The molecule has 0 aliphatic rings. The summed E-state index contributed by atoms with van der Waals surface area (Å²) in [6.07, 6.45) is 1.19. The number of nitrogens with zero attached hydrogens (tertiary/aromatic N) is 1. The monoisotopic (exact) mass is 332 g/mol. The van der Waals surface area contributed by atoms with Crippen LogP contribution in [0.2, 0.25) is 0 Å². The molecular weight excluding hydrogens is 312 g/mol. The van der Waals surface area contributed by atoms with E-state index >= 15 is 0 Å². The van der Waals surface area contributed by atoms with E-state index in [9.17, 15) is 13.2 Å². The fourth-order valence-electron chi connectivity index (χ4n) is 2.05. The van der Waals surface area contributed by atoms with Crippen LogP contribution in [0.3, 0.4) is 0 Å². The molecule has 1 amide bonds. The van der Waals surface area contributed by atoms with Crippen LogP contribution in [0, 0.1) is 0 Å². The average molecular weight is 332 g/mol. The normalized spacial score (nSPS) is 11.1. The molecule has 0 saturated heterocycles. The van der Waals surface area contributed by atoms with Crippen molar-refractivity contribution in [3.8, 4) is 0 Å². The number of benzene rings is 2. The smallest absolute Gasteiger partial charge is 0.253 e. The van der Waals surface area contributed by atoms with Crippen molar-refractivity contribution in [1.82, 2.24) is 4.90 Å². The van der Waals surface area contributed by atoms with Gasteiger partial charge in [-0.25, -0.2) is 8.42 Å². The molecular formula is C17H20N2O3S. The topological polar surface area (TPSA) is 66.5 Å². The van der Waals surface area contributed by atoms with Crippen LogP contribution < -0.4 is 5.32 Å². The first-order chi connectivity index (χ1) is 10.8. The molecule has 2 rings (SSSR count). The molecule has 6 heteroatoms. The Morgan fingerprint density at radius 2 is 1.57 bits per heavy atom. The highest BCUT2D eigenvalue weighted by atomic mass is 32.2. The van der Waals surface area contributed by atoms with Crippen LogP contribution in [-0.2, 0) is 16.4 Å². The Hall–Kier alpha value is -2.34. The second-order valence-corrected chi connectivity index (χ2v) is 7.56. The van der Waals surface area contributed by atoms with Gasteiger partial charge in [-0.05, 0) is 42.0 Å². The zero-order chi connectivity index (χ0) is 17.0. The number of sulfone groups is 1. The Balaban J connectivity index is 2.00. The number of amides is 1. The molecule has 0 aliphatic heterocycles. The lowest BCUT2D eigenvalue weighted by molar-refractivity contribution is 0.0827. The molecule has 122 valence electrons. The van der Waals surface area contributed by atoms with Crippen molar-refractivity contribution in [3.05, 3.63) is 59.7 Å². The summed E-state index contributed by atoms with van der Waals surface area (Å²) in [4.78, 5) is 13.6. The van der Waals surface area contributed by atoms with Gasteiger partial charge in [0, 0.05) is 38.1 Å². The summed E-state index contributed by atoms with van der Waals surface area (Å²) in [7, 11) is 0.270. The molecule has 0 unspecified atom stereocenters. The van der Waals surface area contributed by atoms with E-state index in [1.807, 2.05) is 12.1 Å². The van der Waals surface area contributed by atoms with Crippen LogP contribution in [-0.4, -0.2) is 39.6 Å². The lowest BCUT2D eigenvalue weighted by Gasteiger charge is -2.11. The Labute approximate surface area is 136 Å². The standard InChI is InChI=1S/C17H20N2O3S/c1-19(2)17(20)14-6-4-13(5-7-14)12-18-15-8-10-16(11-9-15)23(3,21)22/h4-11,18H,12H2,1-3H3. The average Bonchev–Trinajstić information content (AvgIpc) is 2.52. The van der Waals surface area contributed by atoms with Gasteiger partial charge in [0.15, 0.2) is 9.84 Å². The predicted molar refractivity (Wildman–Crippen MR) is 91.3 cm³/mol. The van der Waals surface area contributed by atoms with Crippen molar-refractivity contribution in [2.75, 3.05) is 25.7 Å². The molecule has 0 bridgehead atoms. The third-order valence-corrected chi connectivity index (χ3v) is 4.51. The number of carbonyl (C=O) groups excluding carboxylic acids is 1. The van der Waals surface area contributed by atoms with Crippen molar-refractivity contribution in [2.24, 2.45) is 0 Å². The minimum atomic E-state index is -3.17. The van der Waals surface area contributed by atoms with Crippen molar-refractivity contribution < 1.29 is 13.2 Å². The highest BCUT2D eigenvalue weighted by molar-refractivity contribution is 7.90. The van der Waals surface area contributed by atoms with E-state index in [2.05, 4.69) is 5.32 Å². The Morgan fingerprint density at radius 3 is 2.04 bits per heavy atom. The molecule has 23 heavy (non-hydrogen) atoms. The Bertz CT molecular complexity index is 780. The number of anilines is 1. The van der Waals surface area contributed by atoms with Crippen LogP contribution in [0.1, 0.15) is 15.9 Å². The SMILES string of the molecule is CN(C)C(=O)c1ccc(CNc2ccc(S(C)(=O)=O)cc2)cc1. The predicted octanol–water partition coefficient (Wildman–Crippen LogP) is 2.40. The number of hydrogen-bond donors (Lipinski definition) is 1. The molecule has 0 saturated carbocycles. The summed E-state index contributed by atoms with van der Waals surface area (Å²) in [5.74, 6) is -0.0270. The van der Waals surface area contributed by atoms with E-state index in [4.69, 9.17) is 0 Å². The van der Waals surface area contributed by atoms with Gasteiger partial charge in [-0.1, -0.05) is 12.1 Å². The molecule has 1 N–H and O–H groups in total. The first-order valence-electron chi connectivity index (χ1n) is 7.12. The van der Waals surface area contributed by atoms with Crippen LogP contribution >= 0.6 is 0 Å². The van der Waals surface area contributed by atoms with Crippen molar-refractivity contribution in [1.29, 1.82) is 0 Å². The van der Waals surface area contributed by atoms with Gasteiger partial charge in [0.2, 0.25) is 0 Å². The van der Waals surface area contributed by atoms with Crippen LogP contribution in [0.25, 0.3) is 0 Å². The van der Waals surface area contributed by atoms with Crippen molar-refractivity contribution in [3.63, 3.8) is 0 Å². The lowest BCUT2D eigenvalue weighted by atomic mass is 10.1. The summed E-state index contributed by atoms with van der Waals surface area (Å²) < 4.78 is 22.8. The maximum Gasteiger partial charge on any atom is 0.253 e. The van der Waals surface area contributed by atoms with Gasteiger partial charge in [-0.2, -0.15) is 0 Å². The van der Waals surface area contributed by atoms with Gasteiger partial charge >= 0.3 is 0 Å². The summed E-state index contributed by atoms with van der Waals surface area (Å²) in [6.45, 7) is 0.592. The molecule has 0 fully saturated rings. The second-order valence-electron chi connectivity index (χ2n) is 5.55. The van der Waals surface area contributed by atoms with Gasteiger partial charge in [0.1, 0.15) is 0 Å². The second kappa shape index (κ2) is 6.83. The third kappa shape index (κ3) is 4.56. The van der Waals surface area contributed by atoms with E-state index in [-0.39, 0.29) is 5.91 Å². The van der Waals surface area contributed by atoms with Gasteiger partial charge < -0.3 is 10.2 Å². The Kier molecular flexibility index (Phi) is 5.05. The number of carbonyl (C=O) groups is 1. The van der Waals surface area contributed by atoms with Crippen LogP contribution in [0.4, 0.5) is 5.69 Å². The number of rotatable bonds is 5. The molecule has 0 aliphatic carbocycles. The maximum absolute atomic E-state index is 11.8. The van der Waals surface area contributed by atoms with Gasteiger partial charge in [-0.15, -0.1) is 0 Å². The summed E-state index contributed by atoms with van der Waals surface area (Å²) in [6, 6.07) is 14.0. The fraction of sp³-hybridized carbons (Fsp3) is 0.235. The van der Waals surface area contributed by atoms with Crippen LogP contribution in [0.15, 0.2) is 53.4 Å². The fourth-order valence-corrected chi connectivity index (χ4v) is 2.68. The molecule has 5 nitrogen and oxygen atoms in total.